The number of halogens is 6. The molecule has 192 valence electrons. The van der Waals surface area contributed by atoms with Gasteiger partial charge in [-0.05, 0) is 36.8 Å². The SMILES string of the molecule is CCc1ccc(CN2CCN(C3CN(C(=O)Nc4cc(C(F)(F)F)cc(C(F)(F)F)c4)C3)CC2)s1. The summed E-state index contributed by atoms with van der Waals surface area (Å²) in [6.07, 6.45) is -8.90. The van der Waals surface area contributed by atoms with Gasteiger partial charge in [0.2, 0.25) is 0 Å². The van der Waals surface area contributed by atoms with Gasteiger partial charge in [0, 0.05) is 67.3 Å². The molecule has 2 aliphatic heterocycles. The lowest BCUT2D eigenvalue weighted by Gasteiger charge is -2.48. The number of aryl methyl sites for hydroxylation is 1. The largest absolute Gasteiger partial charge is 0.416 e. The van der Waals surface area contributed by atoms with Gasteiger partial charge in [-0.2, -0.15) is 26.3 Å². The number of hydrogen-bond acceptors (Lipinski definition) is 4. The zero-order chi connectivity index (χ0) is 25.4. The third-order valence-corrected chi connectivity index (χ3v) is 7.57. The van der Waals surface area contributed by atoms with Crippen LogP contribution < -0.4 is 5.32 Å². The topological polar surface area (TPSA) is 38.8 Å². The minimum absolute atomic E-state index is 0.0378. The molecule has 0 saturated carbocycles. The maximum Gasteiger partial charge on any atom is 0.416 e. The van der Waals surface area contributed by atoms with Crippen molar-refractivity contribution >= 4 is 23.1 Å². The Kier molecular flexibility index (Phi) is 7.35. The van der Waals surface area contributed by atoms with Crippen LogP contribution in [0.3, 0.4) is 0 Å². The maximum absolute atomic E-state index is 13.0. The first kappa shape index (κ1) is 25.8. The molecular weight excluding hydrogens is 494 g/mol. The van der Waals surface area contributed by atoms with Crippen LogP contribution in [0.25, 0.3) is 0 Å². The number of piperazine rings is 1. The van der Waals surface area contributed by atoms with E-state index in [1.165, 1.54) is 14.7 Å². The van der Waals surface area contributed by atoms with E-state index in [4.69, 9.17) is 0 Å². The second kappa shape index (κ2) is 9.98. The van der Waals surface area contributed by atoms with Crippen LogP contribution in [0.1, 0.15) is 27.8 Å². The van der Waals surface area contributed by atoms with Crippen LogP contribution in [0, 0.1) is 0 Å². The van der Waals surface area contributed by atoms with Gasteiger partial charge < -0.3 is 10.2 Å². The molecule has 4 rings (SSSR count). The fourth-order valence-electron chi connectivity index (χ4n) is 4.29. The monoisotopic (exact) mass is 520 g/mol. The Morgan fingerprint density at radius 1 is 0.943 bits per heavy atom. The number of hydrogen-bond donors (Lipinski definition) is 1. The van der Waals surface area contributed by atoms with Crippen molar-refractivity contribution in [2.75, 3.05) is 44.6 Å². The molecule has 2 aromatic rings. The number of thiophene rings is 1. The molecule has 0 spiro atoms. The lowest BCUT2D eigenvalue weighted by molar-refractivity contribution is -0.143. The van der Waals surface area contributed by atoms with Crippen LogP contribution in [0.4, 0.5) is 36.8 Å². The highest BCUT2D eigenvalue weighted by molar-refractivity contribution is 7.11. The summed E-state index contributed by atoms with van der Waals surface area (Å²) in [4.78, 5) is 21.2. The zero-order valence-corrected chi connectivity index (χ0v) is 19.9. The van der Waals surface area contributed by atoms with Gasteiger partial charge in [0.25, 0.3) is 0 Å². The van der Waals surface area contributed by atoms with Gasteiger partial charge in [-0.15, -0.1) is 11.3 Å². The third kappa shape index (κ3) is 6.28. The van der Waals surface area contributed by atoms with E-state index in [0.717, 1.165) is 39.1 Å². The molecule has 0 aliphatic carbocycles. The molecule has 3 heterocycles. The molecule has 0 unspecified atom stereocenters. The highest BCUT2D eigenvalue weighted by atomic mass is 32.1. The number of nitrogens with zero attached hydrogens (tertiary/aromatic N) is 3. The van der Waals surface area contributed by atoms with Gasteiger partial charge in [-0.3, -0.25) is 9.80 Å². The minimum atomic E-state index is -4.97. The summed E-state index contributed by atoms with van der Waals surface area (Å²) >= 11 is 1.83. The van der Waals surface area contributed by atoms with Crippen molar-refractivity contribution in [2.24, 2.45) is 0 Å². The standard InChI is InChI=1S/C23H26F6N4OS/c1-2-19-3-4-20(35-19)14-31-5-7-32(8-6-31)18-12-33(13-18)21(34)30-17-10-15(22(24,25)26)9-16(11-17)23(27,28)29/h3-4,9-11,18H,2,5-8,12-14H2,1H3,(H,30,34). The van der Waals surface area contributed by atoms with Crippen molar-refractivity contribution in [3.63, 3.8) is 0 Å². The van der Waals surface area contributed by atoms with E-state index in [1.54, 1.807) is 0 Å². The van der Waals surface area contributed by atoms with Crippen LogP contribution in [0.5, 0.6) is 0 Å². The summed E-state index contributed by atoms with van der Waals surface area (Å²) in [5.41, 5.74) is -3.46. The number of rotatable bonds is 5. The zero-order valence-electron chi connectivity index (χ0n) is 19.0. The molecule has 1 aromatic heterocycles. The fourth-order valence-corrected chi connectivity index (χ4v) is 5.29. The summed E-state index contributed by atoms with van der Waals surface area (Å²) < 4.78 is 78.2. The molecule has 0 atom stereocenters. The summed E-state index contributed by atoms with van der Waals surface area (Å²) in [5.74, 6) is 0. The van der Waals surface area contributed by atoms with Crippen LogP contribution in [-0.2, 0) is 25.3 Å². The summed E-state index contributed by atoms with van der Waals surface area (Å²) in [5, 5.41) is 2.19. The molecule has 5 nitrogen and oxygen atoms in total. The number of nitrogens with one attached hydrogen (secondary N) is 1. The lowest BCUT2D eigenvalue weighted by Crippen LogP contribution is -2.64. The Hall–Kier alpha value is -2.31. The molecule has 2 saturated heterocycles. The van der Waals surface area contributed by atoms with Crippen molar-refractivity contribution in [1.29, 1.82) is 0 Å². The Bertz CT molecular complexity index is 1010. The minimum Gasteiger partial charge on any atom is -0.321 e. The van der Waals surface area contributed by atoms with Gasteiger partial charge in [0.1, 0.15) is 0 Å². The highest BCUT2D eigenvalue weighted by Gasteiger charge is 2.39. The Labute approximate surface area is 203 Å². The van der Waals surface area contributed by atoms with Gasteiger partial charge >= 0.3 is 18.4 Å². The van der Waals surface area contributed by atoms with Crippen LogP contribution >= 0.6 is 11.3 Å². The van der Waals surface area contributed by atoms with Crippen LogP contribution in [0.15, 0.2) is 30.3 Å². The molecule has 0 bridgehead atoms. The molecule has 0 radical (unpaired) electrons. The van der Waals surface area contributed by atoms with Crippen LogP contribution in [-0.4, -0.2) is 66.0 Å². The first-order valence-electron chi connectivity index (χ1n) is 11.3. The molecule has 2 amide bonds. The second-order valence-electron chi connectivity index (χ2n) is 8.82. The van der Waals surface area contributed by atoms with Crippen molar-refractivity contribution in [3.05, 3.63) is 51.2 Å². The summed E-state index contributed by atoms with van der Waals surface area (Å²) in [6, 6.07) is 4.81. The molecule has 1 aromatic carbocycles. The molecule has 2 fully saturated rings. The van der Waals surface area contributed by atoms with E-state index < -0.39 is 35.2 Å². The number of amides is 2. The van der Waals surface area contributed by atoms with Gasteiger partial charge in [-0.25, -0.2) is 4.79 Å². The van der Waals surface area contributed by atoms with E-state index >= 15 is 0 Å². The number of alkyl halides is 6. The van der Waals surface area contributed by atoms with Crippen LogP contribution in [0.2, 0.25) is 0 Å². The molecule has 12 heteroatoms. The molecule has 35 heavy (non-hydrogen) atoms. The predicted molar refractivity (Wildman–Crippen MR) is 121 cm³/mol. The summed E-state index contributed by atoms with van der Waals surface area (Å²) in [7, 11) is 0. The number of urea groups is 1. The highest BCUT2D eigenvalue weighted by Crippen LogP contribution is 2.37. The van der Waals surface area contributed by atoms with Gasteiger partial charge in [0.15, 0.2) is 0 Å². The van der Waals surface area contributed by atoms with E-state index in [9.17, 15) is 31.1 Å². The number of carbonyl (C=O) groups excluding carboxylic acids is 1. The second-order valence-corrected chi connectivity index (χ2v) is 10.1. The lowest BCUT2D eigenvalue weighted by atomic mass is 10.1. The van der Waals surface area contributed by atoms with Crippen molar-refractivity contribution in [2.45, 2.75) is 38.3 Å². The smallest absolute Gasteiger partial charge is 0.321 e. The maximum atomic E-state index is 13.0. The van der Waals surface area contributed by atoms with Crippen molar-refractivity contribution < 1.29 is 31.1 Å². The third-order valence-electron chi connectivity index (χ3n) is 6.36. The number of anilines is 1. The Morgan fingerprint density at radius 3 is 2.03 bits per heavy atom. The molecule has 2 aliphatic rings. The first-order valence-corrected chi connectivity index (χ1v) is 12.1. The fraction of sp³-hybridized carbons (Fsp3) is 0.522. The average molecular weight is 521 g/mol. The van der Waals surface area contributed by atoms with E-state index in [2.05, 4.69) is 34.2 Å². The van der Waals surface area contributed by atoms with Crippen molar-refractivity contribution in [1.82, 2.24) is 14.7 Å². The average Bonchev–Trinajstić information content (AvgIpc) is 3.20. The van der Waals surface area contributed by atoms with Crippen molar-refractivity contribution in [3.8, 4) is 0 Å². The van der Waals surface area contributed by atoms with Gasteiger partial charge in [0.05, 0.1) is 11.1 Å². The van der Waals surface area contributed by atoms with E-state index in [-0.39, 0.29) is 12.1 Å². The first-order chi connectivity index (χ1) is 16.4. The van der Waals surface area contributed by atoms with E-state index in [1.807, 2.05) is 11.3 Å². The Morgan fingerprint density at radius 2 is 1.51 bits per heavy atom. The van der Waals surface area contributed by atoms with E-state index in [0.29, 0.717) is 25.2 Å². The quantitative estimate of drug-likeness (QED) is 0.538. The Balaban J connectivity index is 1.27. The molecule has 1 N–H and O–H groups in total. The number of likely N-dealkylation sites (tertiary alicyclic amines) is 1. The number of benzene rings is 1. The van der Waals surface area contributed by atoms with Gasteiger partial charge in [-0.1, -0.05) is 6.92 Å². The summed E-state index contributed by atoms with van der Waals surface area (Å²) in [6.45, 7) is 7.27. The predicted octanol–water partition coefficient (Wildman–Crippen LogP) is 5.38. The normalized spacial score (nSPS) is 18.5. The molecular formula is C23H26F6N4OS. The number of carbonyl (C=O) groups is 1.